The Balaban J connectivity index is 2.07. The zero-order chi connectivity index (χ0) is 19.2. The monoisotopic (exact) mass is 359 g/mol. The summed E-state index contributed by atoms with van der Waals surface area (Å²) >= 11 is 0. The molecule has 0 aliphatic carbocycles. The molecule has 4 aromatic carbocycles. The van der Waals surface area contributed by atoms with Crippen LogP contribution in [0.4, 0.5) is 0 Å². The predicted octanol–water partition coefficient (Wildman–Crippen LogP) is 4.10. The fourth-order valence-electron chi connectivity index (χ4n) is 4.47. The van der Waals surface area contributed by atoms with Gasteiger partial charge in [0, 0.05) is 0 Å². The Morgan fingerprint density at radius 1 is 0.464 bits per heavy atom. The van der Waals surface area contributed by atoms with E-state index in [0.717, 1.165) is 0 Å². The van der Waals surface area contributed by atoms with E-state index in [1.165, 1.54) is 27.4 Å². The molecule has 0 bridgehead atoms. The van der Waals surface area contributed by atoms with Gasteiger partial charge in [-0.3, -0.25) is 0 Å². The maximum absolute atomic E-state index is 2.29. The molecule has 136 valence electrons. The average molecular weight is 359 g/mol. The molecule has 0 aromatic heterocycles. The average Bonchev–Trinajstić information content (AvgIpc) is 2.78. The molecule has 0 saturated heterocycles. The smallest absolute Gasteiger partial charge is 0.108 e. The summed E-state index contributed by atoms with van der Waals surface area (Å²) in [5.74, 6) is 0. The fourth-order valence-corrected chi connectivity index (χ4v) is 4.47. The molecule has 4 aromatic rings. The van der Waals surface area contributed by atoms with Gasteiger partial charge in [-0.25, -0.2) is 0 Å². The second-order valence-corrected chi connectivity index (χ2v) is 7.26. The van der Waals surface area contributed by atoms with E-state index in [0.29, 0.717) is 0 Å². The van der Waals surface area contributed by atoms with Crippen molar-refractivity contribution in [2.75, 3.05) is 0 Å². The Labute approximate surface area is 168 Å². The molecular weight excluding hydrogens is 335 g/mol. The first-order valence-electron chi connectivity index (χ1n) is 9.91. The van der Waals surface area contributed by atoms with Crippen LogP contribution in [0.5, 0.6) is 0 Å². The van der Waals surface area contributed by atoms with Crippen LogP contribution in [0.25, 0.3) is 6.08 Å². The minimum absolute atomic E-state index is 1.23. The van der Waals surface area contributed by atoms with Crippen LogP contribution >= 0.6 is 0 Å². The molecule has 0 saturated carbocycles. The van der Waals surface area contributed by atoms with Crippen LogP contribution in [0.3, 0.4) is 0 Å². The molecule has 0 nitrogen and oxygen atoms in total. The van der Waals surface area contributed by atoms with E-state index in [2.05, 4.69) is 134 Å². The maximum atomic E-state index is 2.29. The van der Waals surface area contributed by atoms with Crippen molar-refractivity contribution in [3.05, 3.63) is 127 Å². The topological polar surface area (TPSA) is 0 Å². The number of rotatable bonds is 5. The Morgan fingerprint density at radius 2 is 0.821 bits per heavy atom. The number of hydrogen-bond acceptors (Lipinski definition) is 0. The summed E-state index contributed by atoms with van der Waals surface area (Å²) in [4.78, 5) is 0. The highest BCUT2D eigenvalue weighted by Gasteiger charge is 2.31. The van der Waals surface area contributed by atoms with Crippen LogP contribution in [0.2, 0.25) is 0 Å². The van der Waals surface area contributed by atoms with Crippen molar-refractivity contribution in [1.29, 1.82) is 0 Å². The van der Waals surface area contributed by atoms with Crippen LogP contribution in [-0.4, -0.2) is 6.15 Å². The van der Waals surface area contributed by atoms with Crippen molar-refractivity contribution in [3.63, 3.8) is 0 Å². The highest BCUT2D eigenvalue weighted by atomic mass is 14.1. The van der Waals surface area contributed by atoms with Gasteiger partial charge in [0.2, 0.25) is 0 Å². The van der Waals surface area contributed by atoms with Gasteiger partial charge in [0.25, 0.3) is 0 Å². The van der Waals surface area contributed by atoms with Crippen molar-refractivity contribution in [3.8, 4) is 0 Å². The van der Waals surface area contributed by atoms with Crippen LogP contribution in [-0.2, 0) is 0 Å². The van der Waals surface area contributed by atoms with Gasteiger partial charge in [0.15, 0.2) is 0 Å². The van der Waals surface area contributed by atoms with Crippen molar-refractivity contribution < 1.29 is 0 Å². The molecule has 4 rings (SSSR count). The second kappa shape index (κ2) is 8.14. The zero-order valence-corrected chi connectivity index (χ0v) is 16.2. The van der Waals surface area contributed by atoms with Gasteiger partial charge < -0.3 is 0 Å². The van der Waals surface area contributed by atoms with E-state index >= 15 is 0 Å². The molecular formula is C27H24B-. The summed E-state index contributed by atoms with van der Waals surface area (Å²) in [5, 5.41) is 0. The lowest BCUT2D eigenvalue weighted by atomic mass is 9.13. The highest BCUT2D eigenvalue weighted by Crippen LogP contribution is 2.11. The van der Waals surface area contributed by atoms with Gasteiger partial charge in [-0.15, -0.1) is 0 Å². The maximum Gasteiger partial charge on any atom is 0.108 e. The normalized spacial score (nSPS) is 11.6. The van der Waals surface area contributed by atoms with Gasteiger partial charge >= 0.3 is 0 Å². The molecule has 28 heavy (non-hydrogen) atoms. The first-order chi connectivity index (χ1) is 13.9. The van der Waals surface area contributed by atoms with Gasteiger partial charge in [-0.05, 0) is 12.5 Å². The molecule has 0 N–H and O–H groups in total. The SMILES string of the molecule is C/C=C\c1ccc([B-](c2ccccc2)(c2ccccc2)c2ccccc2)cc1. The van der Waals surface area contributed by atoms with E-state index in [1.807, 2.05) is 0 Å². The van der Waals surface area contributed by atoms with Crippen molar-refractivity contribution in [1.82, 2.24) is 0 Å². The third-order valence-corrected chi connectivity index (χ3v) is 5.69. The summed E-state index contributed by atoms with van der Waals surface area (Å²) in [7, 11) is 0. The predicted molar refractivity (Wildman–Crippen MR) is 125 cm³/mol. The molecule has 0 radical (unpaired) electrons. The fraction of sp³-hybridized carbons (Fsp3) is 0.0370. The van der Waals surface area contributed by atoms with E-state index in [1.54, 1.807) is 0 Å². The lowest BCUT2D eigenvalue weighted by Gasteiger charge is -2.44. The molecule has 0 amide bonds. The van der Waals surface area contributed by atoms with E-state index in [-0.39, 0.29) is 0 Å². The van der Waals surface area contributed by atoms with Gasteiger partial charge in [-0.2, -0.15) is 21.9 Å². The van der Waals surface area contributed by atoms with E-state index in [4.69, 9.17) is 0 Å². The number of benzene rings is 4. The van der Waals surface area contributed by atoms with Crippen molar-refractivity contribution in [2.45, 2.75) is 6.92 Å². The van der Waals surface area contributed by atoms with E-state index < -0.39 is 6.15 Å². The minimum Gasteiger partial charge on any atom is -0.195 e. The Morgan fingerprint density at radius 3 is 1.18 bits per heavy atom. The first-order valence-corrected chi connectivity index (χ1v) is 9.91. The second-order valence-electron chi connectivity index (χ2n) is 7.26. The number of hydrogen-bond donors (Lipinski definition) is 0. The lowest BCUT2D eigenvalue weighted by Crippen LogP contribution is -2.74. The van der Waals surface area contributed by atoms with Crippen molar-refractivity contribution in [2.24, 2.45) is 0 Å². The first kappa shape index (κ1) is 18.1. The molecule has 0 unspecified atom stereocenters. The van der Waals surface area contributed by atoms with Crippen LogP contribution in [0.15, 0.2) is 121 Å². The van der Waals surface area contributed by atoms with Crippen LogP contribution < -0.4 is 21.9 Å². The third kappa shape index (κ3) is 3.21. The third-order valence-electron chi connectivity index (χ3n) is 5.69. The zero-order valence-electron chi connectivity index (χ0n) is 16.2. The highest BCUT2D eigenvalue weighted by molar-refractivity contribution is 7.19. The van der Waals surface area contributed by atoms with Gasteiger partial charge in [0.1, 0.15) is 6.15 Å². The Hall–Kier alpha value is -3.32. The molecule has 0 atom stereocenters. The van der Waals surface area contributed by atoms with Crippen LogP contribution in [0.1, 0.15) is 12.5 Å². The summed E-state index contributed by atoms with van der Waals surface area (Å²) in [5.41, 5.74) is 6.55. The standard InChI is InChI=1S/C27H24B/c1-2-12-23-19-21-27(22-20-23)28(24-13-6-3-7-14-24,25-15-8-4-9-16-25)26-17-10-5-11-18-26/h2-22H,1H3/q-1/b12-2-. The molecule has 0 heterocycles. The summed E-state index contributed by atoms with van der Waals surface area (Å²) in [6, 6.07) is 41.8. The molecule has 0 aliphatic rings. The molecule has 0 spiro atoms. The largest absolute Gasteiger partial charge is 0.195 e. The Kier molecular flexibility index (Phi) is 5.26. The number of allylic oxidation sites excluding steroid dienone is 1. The van der Waals surface area contributed by atoms with Gasteiger partial charge in [0.05, 0.1) is 0 Å². The lowest BCUT2D eigenvalue weighted by molar-refractivity contribution is 1.64. The summed E-state index contributed by atoms with van der Waals surface area (Å²) < 4.78 is 0. The Bertz CT molecular complexity index is 937. The molecule has 1 heteroatoms. The van der Waals surface area contributed by atoms with E-state index in [9.17, 15) is 0 Å². The molecule has 0 fully saturated rings. The molecule has 0 aliphatic heterocycles. The summed E-state index contributed by atoms with van der Waals surface area (Å²) in [6.07, 6.45) is 2.96. The quantitative estimate of drug-likeness (QED) is 0.471. The summed E-state index contributed by atoms with van der Waals surface area (Å²) in [6.45, 7) is 2.06. The minimum atomic E-state index is -1.27. The van der Waals surface area contributed by atoms with Gasteiger partial charge in [-0.1, -0.05) is 127 Å². The van der Waals surface area contributed by atoms with Crippen LogP contribution in [0, 0.1) is 0 Å². The van der Waals surface area contributed by atoms with Crippen molar-refractivity contribution >= 4 is 34.1 Å².